The minimum Gasteiger partial charge on any atom is -0.339 e. The molecule has 1 saturated carbocycles. The number of carbonyl (C=O) groups is 2. The van der Waals surface area contributed by atoms with Crippen molar-refractivity contribution in [2.24, 2.45) is 5.92 Å². The summed E-state index contributed by atoms with van der Waals surface area (Å²) in [6, 6.07) is 10.3. The lowest BCUT2D eigenvalue weighted by Crippen LogP contribution is -2.53. The van der Waals surface area contributed by atoms with E-state index in [1.54, 1.807) is 11.3 Å². The van der Waals surface area contributed by atoms with Crippen LogP contribution >= 0.6 is 22.9 Å². The number of nitrogens with zero attached hydrogens (tertiary/aromatic N) is 3. The van der Waals surface area contributed by atoms with E-state index in [1.807, 2.05) is 21.9 Å². The Kier molecular flexibility index (Phi) is 7.57. The van der Waals surface area contributed by atoms with Crippen LogP contribution in [-0.4, -0.2) is 65.8 Å². The summed E-state index contributed by atoms with van der Waals surface area (Å²) in [4.78, 5) is 33.6. The highest BCUT2D eigenvalue weighted by molar-refractivity contribution is 7.10. The highest BCUT2D eigenvalue weighted by Gasteiger charge is 2.33. The molecule has 3 aliphatic rings. The van der Waals surface area contributed by atoms with E-state index in [2.05, 4.69) is 28.5 Å². The largest absolute Gasteiger partial charge is 0.339 e. The maximum Gasteiger partial charge on any atom is 0.236 e. The summed E-state index contributed by atoms with van der Waals surface area (Å²) in [6.07, 6.45) is 7.90. The average molecular weight is 500 g/mol. The van der Waals surface area contributed by atoms with E-state index < -0.39 is 0 Å². The standard InChI is InChI=1S/C27H34ClN3O2S/c28-22-8-6-21(7-9-22)27-23-12-18-34-24(23)11-13-31(27)19-26(33)30-16-14-29(15-17-30)25(32)10-5-20-3-1-2-4-20/h6-9,12,18,20,27H,1-5,10-11,13-17,19H2/t27-/m1/s1. The molecule has 3 heterocycles. The molecule has 0 N–H and O–H groups in total. The second-order valence-electron chi connectivity index (χ2n) is 9.92. The van der Waals surface area contributed by atoms with Crippen LogP contribution in [0.25, 0.3) is 0 Å². The third-order valence-corrected chi connectivity index (χ3v) is 9.06. The average Bonchev–Trinajstić information content (AvgIpc) is 3.55. The zero-order valence-electron chi connectivity index (χ0n) is 19.8. The zero-order valence-corrected chi connectivity index (χ0v) is 21.3. The number of halogens is 1. The molecule has 1 aromatic carbocycles. The van der Waals surface area contributed by atoms with Crippen LogP contribution < -0.4 is 0 Å². The Hall–Kier alpha value is -1.89. The van der Waals surface area contributed by atoms with E-state index in [0.29, 0.717) is 39.1 Å². The number of amides is 2. The van der Waals surface area contributed by atoms with Gasteiger partial charge in [0.2, 0.25) is 11.8 Å². The molecule has 2 amide bonds. The van der Waals surface area contributed by atoms with Crippen molar-refractivity contribution in [3.05, 3.63) is 56.7 Å². The fourth-order valence-corrected chi connectivity index (χ4v) is 6.87. The van der Waals surface area contributed by atoms with Gasteiger partial charge in [-0.2, -0.15) is 0 Å². The molecule has 0 bridgehead atoms. The minimum absolute atomic E-state index is 0.0784. The van der Waals surface area contributed by atoms with Crippen LogP contribution in [0.5, 0.6) is 0 Å². The predicted octanol–water partition coefficient (Wildman–Crippen LogP) is 4.99. The number of carbonyl (C=O) groups excluding carboxylic acids is 2. The fraction of sp³-hybridized carbons (Fsp3) is 0.556. The second kappa shape index (κ2) is 10.8. The molecule has 5 nitrogen and oxygen atoms in total. The number of benzene rings is 1. The lowest BCUT2D eigenvalue weighted by atomic mass is 9.93. The van der Waals surface area contributed by atoms with Gasteiger partial charge >= 0.3 is 0 Å². The van der Waals surface area contributed by atoms with Crippen molar-refractivity contribution >= 4 is 34.8 Å². The summed E-state index contributed by atoms with van der Waals surface area (Å²) in [5.74, 6) is 1.17. The Morgan fingerprint density at radius 3 is 2.29 bits per heavy atom. The van der Waals surface area contributed by atoms with E-state index in [0.717, 1.165) is 30.3 Å². The molecule has 0 unspecified atom stereocenters. The van der Waals surface area contributed by atoms with Crippen molar-refractivity contribution in [3.8, 4) is 0 Å². The summed E-state index contributed by atoms with van der Waals surface area (Å²) in [7, 11) is 0. The van der Waals surface area contributed by atoms with Crippen molar-refractivity contribution in [1.29, 1.82) is 0 Å². The van der Waals surface area contributed by atoms with Gasteiger partial charge in [-0.05, 0) is 53.5 Å². The summed E-state index contributed by atoms with van der Waals surface area (Å²) < 4.78 is 0. The highest BCUT2D eigenvalue weighted by Crippen LogP contribution is 2.38. The smallest absolute Gasteiger partial charge is 0.236 e. The quantitative estimate of drug-likeness (QED) is 0.562. The van der Waals surface area contributed by atoms with Crippen LogP contribution in [0.1, 0.15) is 60.6 Å². The maximum atomic E-state index is 13.3. The van der Waals surface area contributed by atoms with Crippen molar-refractivity contribution in [1.82, 2.24) is 14.7 Å². The first kappa shape index (κ1) is 23.8. The summed E-state index contributed by atoms with van der Waals surface area (Å²) in [5.41, 5.74) is 2.48. The first-order valence-electron chi connectivity index (χ1n) is 12.7. The Bertz CT molecular complexity index is 994. The Labute approximate surface area is 211 Å². The van der Waals surface area contributed by atoms with Gasteiger partial charge < -0.3 is 9.80 Å². The highest BCUT2D eigenvalue weighted by atomic mass is 35.5. The molecule has 1 saturated heterocycles. The van der Waals surface area contributed by atoms with E-state index in [9.17, 15) is 9.59 Å². The van der Waals surface area contributed by atoms with Gasteiger partial charge in [0.15, 0.2) is 0 Å². The van der Waals surface area contributed by atoms with Crippen molar-refractivity contribution < 1.29 is 9.59 Å². The molecular formula is C27H34ClN3O2S. The lowest BCUT2D eigenvalue weighted by molar-refractivity contribution is -0.140. The first-order valence-corrected chi connectivity index (χ1v) is 14.0. The van der Waals surface area contributed by atoms with E-state index >= 15 is 0 Å². The van der Waals surface area contributed by atoms with Crippen LogP contribution in [-0.2, 0) is 16.0 Å². The summed E-state index contributed by atoms with van der Waals surface area (Å²) in [5, 5.41) is 2.88. The minimum atomic E-state index is 0.0784. The zero-order chi connectivity index (χ0) is 23.5. The molecule has 0 spiro atoms. The monoisotopic (exact) mass is 499 g/mol. The molecule has 5 rings (SSSR count). The SMILES string of the molecule is O=C(CCC1CCCC1)N1CCN(C(=O)CN2CCc3sccc3[C@H]2c2ccc(Cl)cc2)CC1. The second-order valence-corrected chi connectivity index (χ2v) is 11.4. The van der Waals surface area contributed by atoms with Crippen LogP contribution in [0.3, 0.4) is 0 Å². The molecule has 1 atom stereocenters. The van der Waals surface area contributed by atoms with Gasteiger partial charge in [-0.25, -0.2) is 0 Å². The van der Waals surface area contributed by atoms with Crippen molar-refractivity contribution in [2.75, 3.05) is 39.3 Å². The molecule has 34 heavy (non-hydrogen) atoms. The van der Waals surface area contributed by atoms with Gasteiger partial charge in [0.1, 0.15) is 0 Å². The van der Waals surface area contributed by atoms with Gasteiger partial charge in [-0.15, -0.1) is 11.3 Å². The number of thiophene rings is 1. The van der Waals surface area contributed by atoms with Gasteiger partial charge in [0.25, 0.3) is 0 Å². The lowest BCUT2D eigenvalue weighted by Gasteiger charge is -2.39. The number of fused-ring (bicyclic) bond motifs is 1. The fourth-order valence-electron chi connectivity index (χ4n) is 5.84. The molecule has 2 aliphatic heterocycles. The number of piperazine rings is 1. The van der Waals surface area contributed by atoms with Gasteiger partial charge in [-0.1, -0.05) is 49.4 Å². The first-order chi connectivity index (χ1) is 16.6. The van der Waals surface area contributed by atoms with Crippen molar-refractivity contribution in [3.63, 3.8) is 0 Å². The number of rotatable bonds is 6. The van der Waals surface area contributed by atoms with Crippen molar-refractivity contribution in [2.45, 2.75) is 51.0 Å². The van der Waals surface area contributed by atoms with Crippen LogP contribution in [0, 0.1) is 5.92 Å². The Morgan fingerprint density at radius 2 is 1.59 bits per heavy atom. The number of hydrogen-bond acceptors (Lipinski definition) is 4. The van der Waals surface area contributed by atoms with Gasteiger partial charge in [-0.3, -0.25) is 14.5 Å². The van der Waals surface area contributed by atoms with E-state index in [-0.39, 0.29) is 17.9 Å². The van der Waals surface area contributed by atoms with Crippen LogP contribution in [0.4, 0.5) is 0 Å². The van der Waals surface area contributed by atoms with Gasteiger partial charge in [0, 0.05) is 49.0 Å². The normalized spacial score (nSPS) is 21.6. The number of hydrogen-bond donors (Lipinski definition) is 0. The molecule has 182 valence electrons. The summed E-state index contributed by atoms with van der Waals surface area (Å²) in [6.45, 7) is 3.85. The van der Waals surface area contributed by atoms with Crippen LogP contribution in [0.2, 0.25) is 5.02 Å². The third-order valence-electron chi connectivity index (χ3n) is 7.82. The topological polar surface area (TPSA) is 43.9 Å². The molecule has 2 aromatic rings. The molecule has 1 aliphatic carbocycles. The Balaban J connectivity index is 1.18. The predicted molar refractivity (Wildman–Crippen MR) is 137 cm³/mol. The maximum absolute atomic E-state index is 13.3. The third kappa shape index (κ3) is 5.34. The van der Waals surface area contributed by atoms with E-state index in [4.69, 9.17) is 11.6 Å². The molecule has 7 heteroatoms. The molecule has 2 fully saturated rings. The van der Waals surface area contributed by atoms with Crippen LogP contribution in [0.15, 0.2) is 35.7 Å². The van der Waals surface area contributed by atoms with E-state index in [1.165, 1.54) is 41.7 Å². The Morgan fingerprint density at radius 1 is 0.912 bits per heavy atom. The summed E-state index contributed by atoms with van der Waals surface area (Å²) >= 11 is 7.94. The molecule has 0 radical (unpaired) electrons. The van der Waals surface area contributed by atoms with Gasteiger partial charge in [0.05, 0.1) is 12.6 Å². The molecule has 1 aromatic heterocycles. The molecular weight excluding hydrogens is 466 g/mol.